The molecule has 0 aromatic carbocycles. The van der Waals surface area contributed by atoms with Gasteiger partial charge in [-0.2, -0.15) is 0 Å². The molecule has 2 atom stereocenters. The summed E-state index contributed by atoms with van der Waals surface area (Å²) in [6.07, 6.45) is -0.379. The van der Waals surface area contributed by atoms with Crippen molar-refractivity contribution >= 4 is 0 Å². The first kappa shape index (κ1) is 8.91. The van der Waals surface area contributed by atoms with Gasteiger partial charge in [-0.1, -0.05) is 13.3 Å². The molecule has 2 unspecified atom stereocenters. The molecular formula is C8H14F2O. The van der Waals surface area contributed by atoms with Crippen LogP contribution in [-0.4, -0.2) is 17.1 Å². The quantitative estimate of drug-likeness (QED) is 0.663. The summed E-state index contributed by atoms with van der Waals surface area (Å²) >= 11 is 0. The fourth-order valence-corrected chi connectivity index (χ4v) is 1.70. The van der Waals surface area contributed by atoms with Gasteiger partial charge in [0.25, 0.3) is 6.43 Å². The van der Waals surface area contributed by atoms with E-state index in [0.29, 0.717) is 5.92 Å². The molecule has 0 saturated heterocycles. The predicted molar refractivity (Wildman–Crippen MR) is 38.6 cm³/mol. The van der Waals surface area contributed by atoms with Gasteiger partial charge in [0, 0.05) is 0 Å². The van der Waals surface area contributed by atoms with Gasteiger partial charge in [-0.3, -0.25) is 0 Å². The second kappa shape index (κ2) is 3.05. The van der Waals surface area contributed by atoms with Gasteiger partial charge < -0.3 is 5.11 Å². The third kappa shape index (κ3) is 1.70. The summed E-state index contributed by atoms with van der Waals surface area (Å²) in [5, 5.41) is 9.32. The number of rotatable bonds is 2. The first-order chi connectivity index (χ1) is 5.08. The maximum absolute atomic E-state index is 12.2. The minimum atomic E-state index is -2.57. The van der Waals surface area contributed by atoms with E-state index in [9.17, 15) is 13.9 Å². The second-order valence-corrected chi connectivity index (χ2v) is 3.42. The minimum Gasteiger partial charge on any atom is -0.384 e. The van der Waals surface area contributed by atoms with Crippen LogP contribution in [0.3, 0.4) is 0 Å². The van der Waals surface area contributed by atoms with E-state index in [2.05, 4.69) is 0 Å². The van der Waals surface area contributed by atoms with Crippen molar-refractivity contribution in [2.24, 2.45) is 5.92 Å². The Morgan fingerprint density at radius 2 is 2.27 bits per heavy atom. The lowest BCUT2D eigenvalue weighted by Gasteiger charge is -2.20. The molecule has 66 valence electrons. The van der Waals surface area contributed by atoms with Gasteiger partial charge in [0.05, 0.1) is 0 Å². The number of hydrogen-bond acceptors (Lipinski definition) is 1. The molecule has 1 rings (SSSR count). The molecule has 0 amide bonds. The summed E-state index contributed by atoms with van der Waals surface area (Å²) in [5.74, 6) is 0.300. The van der Waals surface area contributed by atoms with Crippen LogP contribution in [-0.2, 0) is 0 Å². The Bertz CT molecular complexity index is 138. The molecule has 1 fully saturated rings. The lowest BCUT2D eigenvalue weighted by atomic mass is 10.00. The van der Waals surface area contributed by atoms with Gasteiger partial charge in [-0.15, -0.1) is 0 Å². The summed E-state index contributed by atoms with van der Waals surface area (Å²) in [5.41, 5.74) is -1.67. The molecule has 0 radical (unpaired) electrons. The summed E-state index contributed by atoms with van der Waals surface area (Å²) in [4.78, 5) is 0. The Balaban J connectivity index is 2.50. The van der Waals surface area contributed by atoms with Gasteiger partial charge >= 0.3 is 0 Å². The maximum atomic E-state index is 12.2. The van der Waals surface area contributed by atoms with Crippen LogP contribution in [0.1, 0.15) is 32.6 Å². The zero-order valence-corrected chi connectivity index (χ0v) is 6.69. The zero-order chi connectivity index (χ0) is 8.48. The summed E-state index contributed by atoms with van der Waals surface area (Å²) in [6, 6.07) is 0. The summed E-state index contributed by atoms with van der Waals surface area (Å²) in [7, 11) is 0. The molecule has 0 aromatic rings. The highest BCUT2D eigenvalue weighted by Gasteiger charge is 2.43. The molecule has 0 heterocycles. The molecular weight excluding hydrogens is 150 g/mol. The van der Waals surface area contributed by atoms with Crippen LogP contribution in [0.2, 0.25) is 0 Å². The fraction of sp³-hybridized carbons (Fsp3) is 1.00. The van der Waals surface area contributed by atoms with Crippen molar-refractivity contribution in [1.29, 1.82) is 0 Å². The van der Waals surface area contributed by atoms with E-state index < -0.39 is 12.0 Å². The van der Waals surface area contributed by atoms with Crippen molar-refractivity contribution in [2.75, 3.05) is 0 Å². The predicted octanol–water partition coefficient (Wildman–Crippen LogP) is 2.19. The Hall–Kier alpha value is -0.180. The zero-order valence-electron chi connectivity index (χ0n) is 6.69. The standard InChI is InChI=1S/C8H14F2O/c1-2-6-3-4-8(11,5-6)7(9)10/h6-7,11H,2-5H2,1H3. The Kier molecular flexibility index (Phi) is 2.47. The molecule has 3 heteroatoms. The van der Waals surface area contributed by atoms with Crippen molar-refractivity contribution in [3.8, 4) is 0 Å². The van der Waals surface area contributed by atoms with Gasteiger partial charge in [0.2, 0.25) is 0 Å². The van der Waals surface area contributed by atoms with Crippen LogP contribution in [0.15, 0.2) is 0 Å². The molecule has 0 aliphatic heterocycles. The van der Waals surface area contributed by atoms with Gasteiger partial charge in [-0.05, 0) is 25.2 Å². The van der Waals surface area contributed by atoms with E-state index in [4.69, 9.17) is 0 Å². The van der Waals surface area contributed by atoms with Crippen LogP contribution in [0.5, 0.6) is 0 Å². The summed E-state index contributed by atoms with van der Waals surface area (Å²) < 4.78 is 24.4. The minimum absolute atomic E-state index is 0.267. The number of aliphatic hydroxyl groups is 1. The Morgan fingerprint density at radius 1 is 1.64 bits per heavy atom. The molecule has 0 spiro atoms. The number of alkyl halides is 2. The molecule has 1 nitrogen and oxygen atoms in total. The third-order valence-electron chi connectivity index (χ3n) is 2.61. The molecule has 1 aliphatic rings. The highest BCUT2D eigenvalue weighted by atomic mass is 19.3. The van der Waals surface area contributed by atoms with Crippen molar-refractivity contribution in [3.63, 3.8) is 0 Å². The van der Waals surface area contributed by atoms with Gasteiger partial charge in [0.1, 0.15) is 5.60 Å². The van der Waals surface area contributed by atoms with Crippen LogP contribution >= 0.6 is 0 Å². The van der Waals surface area contributed by atoms with Gasteiger partial charge in [0.15, 0.2) is 0 Å². The van der Waals surface area contributed by atoms with E-state index >= 15 is 0 Å². The van der Waals surface area contributed by atoms with Crippen LogP contribution in [0, 0.1) is 5.92 Å². The third-order valence-corrected chi connectivity index (χ3v) is 2.61. The lowest BCUT2D eigenvalue weighted by Crippen LogP contribution is -2.33. The van der Waals surface area contributed by atoms with E-state index in [1.54, 1.807) is 0 Å². The first-order valence-corrected chi connectivity index (χ1v) is 4.09. The molecule has 0 aromatic heterocycles. The van der Waals surface area contributed by atoms with E-state index in [-0.39, 0.29) is 12.8 Å². The lowest BCUT2D eigenvalue weighted by molar-refractivity contribution is -0.0928. The largest absolute Gasteiger partial charge is 0.384 e. The van der Waals surface area contributed by atoms with Crippen molar-refractivity contribution in [3.05, 3.63) is 0 Å². The molecule has 1 aliphatic carbocycles. The van der Waals surface area contributed by atoms with E-state index in [0.717, 1.165) is 12.8 Å². The normalized spacial score (nSPS) is 38.5. The number of hydrogen-bond donors (Lipinski definition) is 1. The average molecular weight is 164 g/mol. The molecule has 11 heavy (non-hydrogen) atoms. The van der Waals surface area contributed by atoms with Crippen molar-refractivity contribution in [2.45, 2.75) is 44.6 Å². The SMILES string of the molecule is CCC1CCC(O)(C(F)F)C1. The average Bonchev–Trinajstić information content (AvgIpc) is 2.33. The van der Waals surface area contributed by atoms with E-state index in [1.807, 2.05) is 6.92 Å². The molecule has 1 N–H and O–H groups in total. The monoisotopic (exact) mass is 164 g/mol. The molecule has 0 bridgehead atoms. The maximum Gasteiger partial charge on any atom is 0.266 e. The number of halogens is 2. The van der Waals surface area contributed by atoms with E-state index in [1.165, 1.54) is 0 Å². The smallest absolute Gasteiger partial charge is 0.266 e. The Labute approximate surface area is 65.4 Å². The second-order valence-electron chi connectivity index (χ2n) is 3.42. The van der Waals surface area contributed by atoms with Crippen molar-refractivity contribution in [1.82, 2.24) is 0 Å². The van der Waals surface area contributed by atoms with Crippen LogP contribution < -0.4 is 0 Å². The Morgan fingerprint density at radius 3 is 2.55 bits per heavy atom. The first-order valence-electron chi connectivity index (χ1n) is 4.09. The highest BCUT2D eigenvalue weighted by Crippen LogP contribution is 2.39. The van der Waals surface area contributed by atoms with Crippen LogP contribution in [0.4, 0.5) is 8.78 Å². The molecule has 1 saturated carbocycles. The summed E-state index contributed by atoms with van der Waals surface area (Å²) in [6.45, 7) is 1.97. The topological polar surface area (TPSA) is 20.2 Å². The van der Waals surface area contributed by atoms with Crippen LogP contribution in [0.25, 0.3) is 0 Å². The van der Waals surface area contributed by atoms with Crippen molar-refractivity contribution < 1.29 is 13.9 Å². The highest BCUT2D eigenvalue weighted by molar-refractivity contribution is 4.90. The fourth-order valence-electron chi connectivity index (χ4n) is 1.70. The van der Waals surface area contributed by atoms with Gasteiger partial charge in [-0.25, -0.2) is 8.78 Å².